The van der Waals surface area contributed by atoms with Crippen molar-refractivity contribution in [3.05, 3.63) is 90.8 Å². The molecule has 26 heavy (non-hydrogen) atoms. The topological polar surface area (TPSA) is 38.7 Å². The van der Waals surface area contributed by atoms with Crippen LogP contribution in [0.4, 0.5) is 8.78 Å². The van der Waals surface area contributed by atoms with Crippen molar-refractivity contribution >= 4 is 0 Å². The standard InChI is InChI=1S/C21H13F2N3/c22-18-9-8-15(11-17(18)21-19(23)7-4-10-24-21)16-12-20(26-25-13-16)14-5-2-1-3-6-14/h1-13H. The summed E-state index contributed by atoms with van der Waals surface area (Å²) in [5.41, 5.74) is 3.20. The zero-order valence-corrected chi connectivity index (χ0v) is 13.6. The quantitative estimate of drug-likeness (QED) is 0.515. The molecule has 2 heterocycles. The minimum atomic E-state index is -0.568. The van der Waals surface area contributed by atoms with Crippen molar-refractivity contribution < 1.29 is 8.78 Å². The minimum absolute atomic E-state index is 0.0165. The van der Waals surface area contributed by atoms with Crippen molar-refractivity contribution in [2.24, 2.45) is 0 Å². The van der Waals surface area contributed by atoms with Gasteiger partial charge < -0.3 is 0 Å². The first-order chi connectivity index (χ1) is 12.7. The van der Waals surface area contributed by atoms with Crippen molar-refractivity contribution in [2.45, 2.75) is 0 Å². The van der Waals surface area contributed by atoms with Crippen LogP contribution >= 0.6 is 0 Å². The molecule has 4 aromatic rings. The molecule has 0 bridgehead atoms. The van der Waals surface area contributed by atoms with E-state index in [1.54, 1.807) is 18.3 Å². The summed E-state index contributed by atoms with van der Waals surface area (Å²) in [5.74, 6) is -1.10. The lowest BCUT2D eigenvalue weighted by molar-refractivity contribution is 0.611. The second-order valence-electron chi connectivity index (χ2n) is 5.72. The number of nitrogens with zero attached hydrogens (tertiary/aromatic N) is 3. The summed E-state index contributed by atoms with van der Waals surface area (Å²) in [6.45, 7) is 0. The monoisotopic (exact) mass is 345 g/mol. The Kier molecular flexibility index (Phi) is 4.19. The number of hydrogen-bond acceptors (Lipinski definition) is 3. The molecule has 0 amide bonds. The van der Waals surface area contributed by atoms with Crippen molar-refractivity contribution in [1.29, 1.82) is 0 Å². The van der Waals surface area contributed by atoms with E-state index in [1.165, 1.54) is 24.4 Å². The van der Waals surface area contributed by atoms with Gasteiger partial charge in [0.2, 0.25) is 0 Å². The van der Waals surface area contributed by atoms with E-state index >= 15 is 0 Å². The lowest BCUT2D eigenvalue weighted by Crippen LogP contribution is -1.94. The van der Waals surface area contributed by atoms with E-state index in [-0.39, 0.29) is 11.3 Å². The zero-order valence-electron chi connectivity index (χ0n) is 13.6. The van der Waals surface area contributed by atoms with Crippen molar-refractivity contribution in [2.75, 3.05) is 0 Å². The summed E-state index contributed by atoms with van der Waals surface area (Å²) < 4.78 is 28.3. The number of rotatable bonds is 3. The van der Waals surface area contributed by atoms with Gasteiger partial charge in [0, 0.05) is 22.9 Å². The molecule has 0 fully saturated rings. The van der Waals surface area contributed by atoms with Crippen molar-refractivity contribution in [3.63, 3.8) is 0 Å². The van der Waals surface area contributed by atoms with Gasteiger partial charge in [-0.25, -0.2) is 8.78 Å². The third-order valence-corrected chi connectivity index (χ3v) is 4.04. The van der Waals surface area contributed by atoms with Crippen LogP contribution in [0.1, 0.15) is 0 Å². The van der Waals surface area contributed by atoms with E-state index in [1.807, 2.05) is 36.4 Å². The van der Waals surface area contributed by atoms with Gasteiger partial charge >= 0.3 is 0 Å². The molecule has 0 radical (unpaired) electrons. The Balaban J connectivity index is 1.80. The predicted octanol–water partition coefficient (Wildman–Crippen LogP) is 5.15. The Morgan fingerprint density at radius 3 is 2.35 bits per heavy atom. The van der Waals surface area contributed by atoms with Gasteiger partial charge in [0.15, 0.2) is 0 Å². The molecule has 2 aromatic carbocycles. The molecule has 0 spiro atoms. The smallest absolute Gasteiger partial charge is 0.149 e. The lowest BCUT2D eigenvalue weighted by Gasteiger charge is -2.08. The summed E-state index contributed by atoms with van der Waals surface area (Å²) >= 11 is 0. The van der Waals surface area contributed by atoms with Gasteiger partial charge in [-0.05, 0) is 35.9 Å². The van der Waals surface area contributed by atoms with Crippen LogP contribution < -0.4 is 0 Å². The molecule has 5 heteroatoms. The molecule has 0 saturated carbocycles. The van der Waals surface area contributed by atoms with E-state index in [0.29, 0.717) is 11.3 Å². The Labute approximate surface area is 149 Å². The van der Waals surface area contributed by atoms with Gasteiger partial charge in [-0.15, -0.1) is 0 Å². The van der Waals surface area contributed by atoms with Crippen LogP contribution in [0, 0.1) is 11.6 Å². The van der Waals surface area contributed by atoms with Crippen LogP contribution in [0.15, 0.2) is 79.1 Å². The van der Waals surface area contributed by atoms with Crippen LogP contribution in [0.3, 0.4) is 0 Å². The lowest BCUT2D eigenvalue weighted by atomic mass is 10.0. The van der Waals surface area contributed by atoms with Crippen LogP contribution in [0.25, 0.3) is 33.6 Å². The Morgan fingerprint density at radius 1 is 0.692 bits per heavy atom. The first-order valence-electron chi connectivity index (χ1n) is 8.01. The van der Waals surface area contributed by atoms with E-state index in [2.05, 4.69) is 15.2 Å². The second kappa shape index (κ2) is 6.80. The Bertz CT molecular complexity index is 1070. The second-order valence-corrected chi connectivity index (χ2v) is 5.72. The summed E-state index contributed by atoms with van der Waals surface area (Å²) in [6.07, 6.45) is 3.03. The molecule has 0 aliphatic heterocycles. The fraction of sp³-hybridized carbons (Fsp3) is 0. The summed E-state index contributed by atoms with van der Waals surface area (Å²) in [5, 5.41) is 8.20. The van der Waals surface area contributed by atoms with Gasteiger partial charge in [0.1, 0.15) is 17.3 Å². The fourth-order valence-corrected chi connectivity index (χ4v) is 2.74. The largest absolute Gasteiger partial charge is 0.253 e. The highest BCUT2D eigenvalue weighted by Crippen LogP contribution is 2.30. The van der Waals surface area contributed by atoms with Crippen LogP contribution in [-0.4, -0.2) is 15.2 Å². The molecule has 0 saturated heterocycles. The van der Waals surface area contributed by atoms with E-state index < -0.39 is 11.6 Å². The summed E-state index contributed by atoms with van der Waals surface area (Å²) in [7, 11) is 0. The molecular weight excluding hydrogens is 332 g/mol. The normalized spacial score (nSPS) is 10.7. The van der Waals surface area contributed by atoms with Gasteiger partial charge in [-0.1, -0.05) is 36.4 Å². The van der Waals surface area contributed by atoms with E-state index in [4.69, 9.17) is 0 Å². The van der Waals surface area contributed by atoms with Crippen molar-refractivity contribution in [1.82, 2.24) is 15.2 Å². The molecule has 0 aliphatic rings. The zero-order chi connectivity index (χ0) is 17.9. The first-order valence-corrected chi connectivity index (χ1v) is 8.01. The van der Waals surface area contributed by atoms with Gasteiger partial charge in [0.25, 0.3) is 0 Å². The highest BCUT2D eigenvalue weighted by molar-refractivity contribution is 5.74. The SMILES string of the molecule is Fc1ccc(-c2cnnc(-c3ccccc3)c2)cc1-c1ncccc1F. The summed E-state index contributed by atoms with van der Waals surface area (Å²) in [4.78, 5) is 3.97. The number of pyridine rings is 1. The number of hydrogen-bond donors (Lipinski definition) is 0. The number of benzene rings is 2. The average molecular weight is 345 g/mol. The van der Waals surface area contributed by atoms with E-state index in [0.717, 1.165) is 11.1 Å². The maximum atomic E-state index is 14.3. The van der Waals surface area contributed by atoms with Gasteiger partial charge in [-0.2, -0.15) is 10.2 Å². The van der Waals surface area contributed by atoms with Crippen LogP contribution in [0.2, 0.25) is 0 Å². The Morgan fingerprint density at radius 2 is 1.54 bits per heavy atom. The first kappa shape index (κ1) is 16.0. The summed E-state index contributed by atoms with van der Waals surface area (Å²) in [6, 6.07) is 18.8. The number of aromatic nitrogens is 3. The molecule has 0 unspecified atom stereocenters. The molecule has 0 aliphatic carbocycles. The highest BCUT2D eigenvalue weighted by atomic mass is 19.1. The van der Waals surface area contributed by atoms with Gasteiger partial charge in [-0.3, -0.25) is 4.98 Å². The maximum Gasteiger partial charge on any atom is 0.149 e. The Hall–Kier alpha value is -3.47. The molecule has 4 rings (SSSR count). The van der Waals surface area contributed by atoms with E-state index in [9.17, 15) is 8.78 Å². The molecule has 3 nitrogen and oxygen atoms in total. The van der Waals surface area contributed by atoms with Crippen LogP contribution in [-0.2, 0) is 0 Å². The highest BCUT2D eigenvalue weighted by Gasteiger charge is 2.13. The van der Waals surface area contributed by atoms with Crippen LogP contribution in [0.5, 0.6) is 0 Å². The average Bonchev–Trinajstić information content (AvgIpc) is 2.70. The molecule has 0 atom stereocenters. The molecule has 0 N–H and O–H groups in total. The minimum Gasteiger partial charge on any atom is -0.253 e. The maximum absolute atomic E-state index is 14.3. The third-order valence-electron chi connectivity index (χ3n) is 4.04. The molecule has 126 valence electrons. The van der Waals surface area contributed by atoms with Crippen molar-refractivity contribution in [3.8, 4) is 33.6 Å². The number of halogens is 2. The third kappa shape index (κ3) is 3.07. The predicted molar refractivity (Wildman–Crippen MR) is 96.1 cm³/mol. The molecular formula is C21H13F2N3. The molecule has 2 aromatic heterocycles. The fourth-order valence-electron chi connectivity index (χ4n) is 2.74. The van der Waals surface area contributed by atoms with Gasteiger partial charge in [0.05, 0.1) is 11.9 Å².